The van der Waals surface area contributed by atoms with Crippen molar-refractivity contribution >= 4 is 9.84 Å². The average Bonchev–Trinajstić information content (AvgIpc) is 2.60. The van der Waals surface area contributed by atoms with Crippen molar-refractivity contribution < 1.29 is 8.42 Å². The zero-order valence-corrected chi connectivity index (χ0v) is 10.6. The van der Waals surface area contributed by atoms with Crippen molar-refractivity contribution in [2.75, 3.05) is 37.7 Å². The van der Waals surface area contributed by atoms with Gasteiger partial charge < -0.3 is 10.6 Å². The fourth-order valence-electron chi connectivity index (χ4n) is 2.62. The zero-order valence-electron chi connectivity index (χ0n) is 9.74. The van der Waals surface area contributed by atoms with Gasteiger partial charge in [-0.15, -0.1) is 0 Å². The van der Waals surface area contributed by atoms with E-state index in [0.29, 0.717) is 17.4 Å². The van der Waals surface area contributed by atoms with E-state index in [0.717, 1.165) is 38.5 Å². The van der Waals surface area contributed by atoms with Gasteiger partial charge in [0.25, 0.3) is 0 Å². The van der Waals surface area contributed by atoms with E-state index in [2.05, 4.69) is 10.6 Å². The van der Waals surface area contributed by atoms with Crippen LogP contribution in [-0.2, 0) is 9.84 Å². The van der Waals surface area contributed by atoms with E-state index in [9.17, 15) is 8.42 Å². The Morgan fingerprint density at radius 3 is 2.62 bits per heavy atom. The van der Waals surface area contributed by atoms with Crippen LogP contribution in [0.3, 0.4) is 0 Å². The Morgan fingerprint density at radius 2 is 2.00 bits per heavy atom. The van der Waals surface area contributed by atoms with E-state index in [1.807, 2.05) is 0 Å². The second kappa shape index (κ2) is 5.47. The quantitative estimate of drug-likeness (QED) is 0.734. The molecule has 16 heavy (non-hydrogen) atoms. The highest BCUT2D eigenvalue weighted by Gasteiger charge is 2.27. The normalized spacial score (nSPS) is 34.0. The second-order valence-corrected chi connectivity index (χ2v) is 7.37. The van der Waals surface area contributed by atoms with E-state index in [4.69, 9.17) is 0 Å². The first kappa shape index (κ1) is 12.3. The maximum atomic E-state index is 11.3. The molecule has 2 unspecified atom stereocenters. The largest absolute Gasteiger partial charge is 0.316 e. The van der Waals surface area contributed by atoms with Crippen LogP contribution in [-0.4, -0.2) is 46.1 Å². The third-order valence-corrected chi connectivity index (χ3v) is 5.43. The van der Waals surface area contributed by atoms with Crippen LogP contribution in [0.1, 0.15) is 19.3 Å². The lowest BCUT2D eigenvalue weighted by Gasteiger charge is -2.23. The number of nitrogens with one attached hydrogen (secondary N) is 2. The Bertz CT molecular complexity index is 310. The third-order valence-electron chi connectivity index (χ3n) is 3.59. The molecule has 94 valence electrons. The van der Waals surface area contributed by atoms with Gasteiger partial charge in [0.2, 0.25) is 0 Å². The second-order valence-electron chi connectivity index (χ2n) is 5.14. The Morgan fingerprint density at radius 1 is 1.19 bits per heavy atom. The molecule has 2 saturated heterocycles. The molecule has 2 rings (SSSR count). The molecule has 2 N–H and O–H groups in total. The molecule has 0 amide bonds. The zero-order chi connectivity index (χ0) is 11.4. The van der Waals surface area contributed by atoms with Gasteiger partial charge in [-0.2, -0.15) is 0 Å². The molecule has 2 aliphatic heterocycles. The molecule has 4 nitrogen and oxygen atoms in total. The van der Waals surface area contributed by atoms with Crippen molar-refractivity contribution in [1.82, 2.24) is 10.6 Å². The Kier molecular flexibility index (Phi) is 4.21. The Hall–Kier alpha value is -0.130. The summed E-state index contributed by atoms with van der Waals surface area (Å²) in [5, 5.41) is 6.82. The summed E-state index contributed by atoms with van der Waals surface area (Å²) in [6.45, 7) is 4.16. The average molecular weight is 246 g/mol. The standard InChI is InChI=1S/C11H22N2O2S/c14-16(15)5-3-11(9-16)8-13-7-10-2-1-4-12-6-10/h10-13H,1-9H2. The summed E-state index contributed by atoms with van der Waals surface area (Å²) in [5.74, 6) is 1.86. The van der Waals surface area contributed by atoms with E-state index in [1.54, 1.807) is 0 Å². The van der Waals surface area contributed by atoms with Crippen molar-refractivity contribution in [3.63, 3.8) is 0 Å². The maximum absolute atomic E-state index is 11.3. The molecule has 0 spiro atoms. The molecule has 2 atom stereocenters. The van der Waals surface area contributed by atoms with Crippen molar-refractivity contribution in [3.8, 4) is 0 Å². The molecule has 2 aliphatic rings. The lowest BCUT2D eigenvalue weighted by molar-refractivity contribution is 0.352. The number of hydrogen-bond donors (Lipinski definition) is 2. The van der Waals surface area contributed by atoms with E-state index in [-0.39, 0.29) is 0 Å². The predicted molar refractivity (Wildman–Crippen MR) is 65.2 cm³/mol. The molecule has 0 bridgehead atoms. The van der Waals surface area contributed by atoms with Crippen LogP contribution < -0.4 is 10.6 Å². The van der Waals surface area contributed by atoms with Gasteiger partial charge in [-0.3, -0.25) is 0 Å². The van der Waals surface area contributed by atoms with Gasteiger partial charge >= 0.3 is 0 Å². The highest BCUT2D eigenvalue weighted by molar-refractivity contribution is 7.91. The van der Waals surface area contributed by atoms with Gasteiger partial charge in [-0.25, -0.2) is 8.42 Å². The molecule has 2 heterocycles. The first-order valence-electron chi connectivity index (χ1n) is 6.27. The van der Waals surface area contributed by atoms with Crippen LogP contribution >= 0.6 is 0 Å². The summed E-state index contributed by atoms with van der Waals surface area (Å²) < 4.78 is 22.5. The lowest BCUT2D eigenvalue weighted by Crippen LogP contribution is -2.37. The van der Waals surface area contributed by atoms with Crippen LogP contribution in [0.15, 0.2) is 0 Å². The fourth-order valence-corrected chi connectivity index (χ4v) is 4.48. The topological polar surface area (TPSA) is 58.2 Å². The highest BCUT2D eigenvalue weighted by atomic mass is 32.2. The minimum atomic E-state index is -2.70. The molecular formula is C11H22N2O2S. The van der Waals surface area contributed by atoms with Crippen LogP contribution in [0, 0.1) is 11.8 Å². The van der Waals surface area contributed by atoms with E-state index in [1.165, 1.54) is 12.8 Å². The predicted octanol–water partition coefficient (Wildman–Crippen LogP) is 0.0103. The first-order valence-corrected chi connectivity index (χ1v) is 8.10. The van der Waals surface area contributed by atoms with Gasteiger partial charge in [0.1, 0.15) is 0 Å². The fraction of sp³-hybridized carbons (Fsp3) is 1.00. The number of sulfone groups is 1. The van der Waals surface area contributed by atoms with E-state index >= 15 is 0 Å². The molecular weight excluding hydrogens is 224 g/mol. The summed E-state index contributed by atoms with van der Waals surface area (Å²) in [6.07, 6.45) is 3.41. The van der Waals surface area contributed by atoms with Crippen molar-refractivity contribution in [3.05, 3.63) is 0 Å². The highest BCUT2D eigenvalue weighted by Crippen LogP contribution is 2.17. The number of piperidine rings is 1. The summed E-state index contributed by atoms with van der Waals surface area (Å²) in [6, 6.07) is 0. The van der Waals surface area contributed by atoms with E-state index < -0.39 is 9.84 Å². The Labute approximate surface area is 98.1 Å². The number of rotatable bonds is 4. The lowest BCUT2D eigenvalue weighted by atomic mass is 9.99. The van der Waals surface area contributed by atoms with Crippen LogP contribution in [0.2, 0.25) is 0 Å². The van der Waals surface area contributed by atoms with Gasteiger partial charge in [-0.05, 0) is 57.3 Å². The minimum absolute atomic E-state index is 0.349. The smallest absolute Gasteiger partial charge is 0.150 e. The molecule has 0 saturated carbocycles. The monoisotopic (exact) mass is 246 g/mol. The Balaban J connectivity index is 1.61. The molecule has 0 aromatic rings. The minimum Gasteiger partial charge on any atom is -0.316 e. The molecule has 2 fully saturated rings. The van der Waals surface area contributed by atoms with Crippen molar-refractivity contribution in [2.45, 2.75) is 19.3 Å². The summed E-state index contributed by atoms with van der Waals surface area (Å²) in [5.41, 5.74) is 0. The van der Waals surface area contributed by atoms with Gasteiger partial charge in [0.05, 0.1) is 11.5 Å². The SMILES string of the molecule is O=S1(=O)CCC(CNCC2CCCNC2)C1. The summed E-state index contributed by atoms with van der Waals surface area (Å²) >= 11 is 0. The van der Waals surface area contributed by atoms with Crippen molar-refractivity contribution in [2.24, 2.45) is 11.8 Å². The first-order chi connectivity index (χ1) is 7.66. The van der Waals surface area contributed by atoms with Crippen LogP contribution in [0.5, 0.6) is 0 Å². The van der Waals surface area contributed by atoms with Crippen LogP contribution in [0.4, 0.5) is 0 Å². The van der Waals surface area contributed by atoms with Gasteiger partial charge in [0.15, 0.2) is 9.84 Å². The van der Waals surface area contributed by atoms with Crippen molar-refractivity contribution in [1.29, 1.82) is 0 Å². The summed E-state index contributed by atoms with van der Waals surface area (Å²) in [4.78, 5) is 0. The molecule has 0 radical (unpaired) electrons. The number of hydrogen-bond acceptors (Lipinski definition) is 4. The molecule has 5 heteroatoms. The third kappa shape index (κ3) is 3.71. The van der Waals surface area contributed by atoms with Gasteiger partial charge in [0, 0.05) is 0 Å². The van der Waals surface area contributed by atoms with Gasteiger partial charge in [-0.1, -0.05) is 0 Å². The van der Waals surface area contributed by atoms with Crippen LogP contribution in [0.25, 0.3) is 0 Å². The molecule has 0 aromatic heterocycles. The summed E-state index contributed by atoms with van der Waals surface area (Å²) in [7, 11) is -2.70. The maximum Gasteiger partial charge on any atom is 0.150 e. The molecule has 0 aliphatic carbocycles. The molecule has 0 aromatic carbocycles.